The Balaban J connectivity index is 2.17. The van der Waals surface area contributed by atoms with E-state index in [2.05, 4.69) is 28.1 Å². The molecule has 0 unspecified atom stereocenters. The van der Waals surface area contributed by atoms with Gasteiger partial charge >= 0.3 is 0 Å². The predicted molar refractivity (Wildman–Crippen MR) is 80.7 cm³/mol. The number of benzene rings is 2. The first-order valence-corrected chi connectivity index (χ1v) is 6.83. The molecule has 0 aromatic heterocycles. The normalized spacial score (nSPS) is 10.3. The van der Waals surface area contributed by atoms with E-state index in [9.17, 15) is 8.78 Å². The molecule has 2 aromatic rings. The number of halogens is 3. The van der Waals surface area contributed by atoms with E-state index >= 15 is 0 Å². The second-order valence-electron chi connectivity index (χ2n) is 4.05. The molecule has 2 N–H and O–H groups in total. The molecule has 0 saturated carbocycles. The monoisotopic (exact) mass is 357 g/mol. The van der Waals surface area contributed by atoms with Crippen molar-refractivity contribution in [1.29, 1.82) is 0 Å². The summed E-state index contributed by atoms with van der Waals surface area (Å²) in [5, 5.41) is 0. The zero-order valence-electron chi connectivity index (χ0n) is 10.2. The lowest BCUT2D eigenvalue weighted by Gasteiger charge is -2.10. The van der Waals surface area contributed by atoms with Gasteiger partial charge in [-0.1, -0.05) is 40.3 Å². The Hall–Kier alpha value is -1.53. The summed E-state index contributed by atoms with van der Waals surface area (Å²) in [7, 11) is 0. The molecule has 0 spiro atoms. The molecule has 2 nitrogen and oxygen atoms in total. The van der Waals surface area contributed by atoms with E-state index in [1.54, 1.807) is 12.1 Å². The Morgan fingerprint density at radius 3 is 2.20 bits per heavy atom. The van der Waals surface area contributed by atoms with Crippen LogP contribution >= 0.6 is 28.1 Å². The third-order valence-corrected chi connectivity index (χ3v) is 3.34. The molecule has 0 atom stereocenters. The Labute approximate surface area is 128 Å². The SMILES string of the molecule is NC(=S)c1cc(F)c(OCc2ccc(Br)cc2)c(F)c1. The van der Waals surface area contributed by atoms with Gasteiger partial charge in [-0.2, -0.15) is 0 Å². The molecule has 0 bridgehead atoms. The molecule has 104 valence electrons. The highest BCUT2D eigenvalue weighted by Crippen LogP contribution is 2.24. The Morgan fingerprint density at radius 2 is 1.70 bits per heavy atom. The third kappa shape index (κ3) is 3.52. The lowest BCUT2D eigenvalue weighted by molar-refractivity contribution is 0.274. The molecule has 0 heterocycles. The van der Waals surface area contributed by atoms with Crippen LogP contribution < -0.4 is 10.5 Å². The van der Waals surface area contributed by atoms with Gasteiger partial charge in [0.2, 0.25) is 0 Å². The number of rotatable bonds is 4. The van der Waals surface area contributed by atoms with E-state index in [1.165, 1.54) is 0 Å². The summed E-state index contributed by atoms with van der Waals surface area (Å²) < 4.78 is 33.6. The molecule has 0 fully saturated rings. The molecular formula is C14H10BrF2NOS. The fourth-order valence-corrected chi connectivity index (χ4v) is 1.96. The smallest absolute Gasteiger partial charge is 0.191 e. The maximum atomic E-state index is 13.8. The second-order valence-corrected chi connectivity index (χ2v) is 5.40. The van der Waals surface area contributed by atoms with Gasteiger partial charge in [-0.15, -0.1) is 0 Å². The zero-order chi connectivity index (χ0) is 14.7. The van der Waals surface area contributed by atoms with Crippen molar-refractivity contribution in [2.45, 2.75) is 6.61 Å². The fraction of sp³-hybridized carbons (Fsp3) is 0.0714. The minimum atomic E-state index is -0.829. The van der Waals surface area contributed by atoms with E-state index in [-0.39, 0.29) is 17.2 Å². The van der Waals surface area contributed by atoms with Crippen LogP contribution in [0.15, 0.2) is 40.9 Å². The van der Waals surface area contributed by atoms with Crippen LogP contribution in [0.25, 0.3) is 0 Å². The average molecular weight is 358 g/mol. The Kier molecular flexibility index (Phi) is 4.67. The summed E-state index contributed by atoms with van der Waals surface area (Å²) in [6.45, 7) is 0.0630. The summed E-state index contributed by atoms with van der Waals surface area (Å²) in [6, 6.07) is 9.35. The summed E-state index contributed by atoms with van der Waals surface area (Å²) in [4.78, 5) is -0.0674. The molecule has 20 heavy (non-hydrogen) atoms. The van der Waals surface area contributed by atoms with E-state index in [1.807, 2.05) is 12.1 Å². The molecule has 0 amide bonds. The minimum Gasteiger partial charge on any atom is -0.483 e. The first-order chi connectivity index (χ1) is 9.47. The van der Waals surface area contributed by atoms with Gasteiger partial charge in [0.15, 0.2) is 17.4 Å². The van der Waals surface area contributed by atoms with Crippen molar-refractivity contribution in [1.82, 2.24) is 0 Å². The molecule has 2 aromatic carbocycles. The maximum Gasteiger partial charge on any atom is 0.191 e. The first-order valence-electron chi connectivity index (χ1n) is 5.63. The molecule has 6 heteroatoms. The van der Waals surface area contributed by atoms with E-state index in [4.69, 9.17) is 10.5 Å². The maximum absolute atomic E-state index is 13.8. The van der Waals surface area contributed by atoms with Gasteiger partial charge < -0.3 is 10.5 Å². The summed E-state index contributed by atoms with van der Waals surface area (Å²) in [5.41, 5.74) is 6.26. The molecule has 0 saturated heterocycles. The molecule has 0 aliphatic carbocycles. The number of ether oxygens (including phenoxy) is 1. The van der Waals surface area contributed by atoms with Gasteiger partial charge in [0.25, 0.3) is 0 Å². The van der Waals surface area contributed by atoms with Crippen LogP contribution in [0.2, 0.25) is 0 Å². The largest absolute Gasteiger partial charge is 0.483 e. The number of nitrogens with two attached hydrogens (primary N) is 1. The lowest BCUT2D eigenvalue weighted by atomic mass is 10.2. The van der Waals surface area contributed by atoms with Crippen molar-refractivity contribution in [2.75, 3.05) is 0 Å². The third-order valence-electron chi connectivity index (χ3n) is 2.58. The van der Waals surface area contributed by atoms with Crippen LogP contribution in [0, 0.1) is 11.6 Å². The quantitative estimate of drug-likeness (QED) is 0.841. The number of hydrogen-bond acceptors (Lipinski definition) is 2. The van der Waals surface area contributed by atoms with Crippen molar-refractivity contribution in [3.05, 3.63) is 63.6 Å². The van der Waals surface area contributed by atoms with E-state index in [0.717, 1.165) is 22.2 Å². The lowest BCUT2D eigenvalue weighted by Crippen LogP contribution is -2.11. The van der Waals surface area contributed by atoms with Crippen molar-refractivity contribution < 1.29 is 13.5 Å². The summed E-state index contributed by atoms with van der Waals surface area (Å²) >= 11 is 7.98. The zero-order valence-corrected chi connectivity index (χ0v) is 12.6. The Bertz CT molecular complexity index is 623. The van der Waals surface area contributed by atoms with Gasteiger partial charge in [-0.05, 0) is 29.8 Å². The van der Waals surface area contributed by atoms with Gasteiger partial charge in [0.1, 0.15) is 11.6 Å². The van der Waals surface area contributed by atoms with Gasteiger partial charge in [-0.3, -0.25) is 0 Å². The minimum absolute atomic E-state index is 0.0630. The van der Waals surface area contributed by atoms with Gasteiger partial charge in [0, 0.05) is 10.0 Å². The van der Waals surface area contributed by atoms with Crippen LogP contribution in [-0.2, 0) is 6.61 Å². The van der Waals surface area contributed by atoms with Gasteiger partial charge in [0.05, 0.1) is 0 Å². The van der Waals surface area contributed by atoms with Crippen LogP contribution in [0.3, 0.4) is 0 Å². The number of hydrogen-bond donors (Lipinski definition) is 1. The van der Waals surface area contributed by atoms with Gasteiger partial charge in [-0.25, -0.2) is 8.78 Å². The van der Waals surface area contributed by atoms with Crippen molar-refractivity contribution in [2.24, 2.45) is 5.73 Å². The molecule has 2 rings (SSSR count). The van der Waals surface area contributed by atoms with Crippen LogP contribution in [0.4, 0.5) is 8.78 Å². The summed E-state index contributed by atoms with van der Waals surface area (Å²) in [6.07, 6.45) is 0. The first kappa shape index (κ1) is 14.9. The van der Waals surface area contributed by atoms with Crippen LogP contribution in [0.1, 0.15) is 11.1 Å². The standard InChI is InChI=1S/C14H10BrF2NOS/c15-10-3-1-8(2-4-10)7-19-13-11(16)5-9(14(18)20)6-12(13)17/h1-6H,7H2,(H2,18,20). The second kappa shape index (κ2) is 6.28. The van der Waals surface area contributed by atoms with Crippen molar-refractivity contribution >= 4 is 33.1 Å². The fourth-order valence-electron chi connectivity index (χ4n) is 1.58. The van der Waals surface area contributed by atoms with Crippen LogP contribution in [0.5, 0.6) is 5.75 Å². The molecule has 0 aliphatic heterocycles. The highest BCUT2D eigenvalue weighted by Gasteiger charge is 2.14. The summed E-state index contributed by atoms with van der Waals surface area (Å²) in [5.74, 6) is -2.09. The highest BCUT2D eigenvalue weighted by atomic mass is 79.9. The van der Waals surface area contributed by atoms with Crippen LogP contribution in [-0.4, -0.2) is 4.99 Å². The topological polar surface area (TPSA) is 35.2 Å². The molecule has 0 aliphatic rings. The molecular weight excluding hydrogens is 348 g/mol. The van der Waals surface area contributed by atoms with E-state index < -0.39 is 17.4 Å². The van der Waals surface area contributed by atoms with Crippen molar-refractivity contribution in [3.8, 4) is 5.75 Å². The van der Waals surface area contributed by atoms with E-state index in [0.29, 0.717) is 0 Å². The average Bonchev–Trinajstić information content (AvgIpc) is 2.39. The predicted octanol–water partition coefficient (Wildman–Crippen LogP) is 3.94. The molecule has 0 radical (unpaired) electrons. The number of thiocarbonyl (C=S) groups is 1. The highest BCUT2D eigenvalue weighted by molar-refractivity contribution is 9.10. The Morgan fingerprint density at radius 1 is 1.15 bits per heavy atom. The van der Waals surface area contributed by atoms with Crippen molar-refractivity contribution in [3.63, 3.8) is 0 Å².